The molecule has 1 heterocycles. The fraction of sp³-hybridized carbons (Fsp3) is 0.533. The van der Waals surface area contributed by atoms with Crippen LogP contribution < -0.4 is 10.6 Å². The lowest BCUT2D eigenvalue weighted by atomic mass is 9.88. The molecular formula is C15H23ClN2OS. The van der Waals surface area contributed by atoms with Crippen molar-refractivity contribution in [3.63, 3.8) is 0 Å². The summed E-state index contributed by atoms with van der Waals surface area (Å²) < 4.78 is 0. The number of nitrogens with one attached hydrogen (secondary N) is 2. The van der Waals surface area contributed by atoms with E-state index >= 15 is 0 Å². The molecule has 1 aromatic carbocycles. The number of rotatable bonds is 6. The number of thioether (sulfide) groups is 1. The molecule has 0 radical (unpaired) electrons. The number of halogens is 1. The Labute approximate surface area is 131 Å². The Kier molecular flexibility index (Phi) is 7.41. The number of aryl methyl sites for hydroxylation is 1. The summed E-state index contributed by atoms with van der Waals surface area (Å²) in [7, 11) is 0. The van der Waals surface area contributed by atoms with Crippen LogP contribution in [0, 0.1) is 18.8 Å². The zero-order valence-corrected chi connectivity index (χ0v) is 13.7. The van der Waals surface area contributed by atoms with Crippen LogP contribution in [0.15, 0.2) is 29.2 Å². The van der Waals surface area contributed by atoms with Gasteiger partial charge in [-0.15, -0.1) is 24.2 Å². The molecule has 0 aliphatic carbocycles. The maximum Gasteiger partial charge on any atom is 0.223 e. The van der Waals surface area contributed by atoms with Gasteiger partial charge in [0.05, 0.1) is 0 Å². The Morgan fingerprint density at radius 2 is 2.05 bits per heavy atom. The molecule has 1 saturated heterocycles. The van der Waals surface area contributed by atoms with Gasteiger partial charge in [-0.1, -0.05) is 24.6 Å². The second-order valence-electron chi connectivity index (χ2n) is 5.16. The molecule has 3 nitrogen and oxygen atoms in total. The summed E-state index contributed by atoms with van der Waals surface area (Å²) in [4.78, 5) is 13.1. The molecule has 0 spiro atoms. The van der Waals surface area contributed by atoms with Crippen molar-refractivity contribution in [2.75, 3.05) is 25.4 Å². The first kappa shape index (κ1) is 17.3. The number of amides is 1. The zero-order valence-electron chi connectivity index (χ0n) is 12.0. The lowest BCUT2D eigenvalue weighted by molar-refractivity contribution is -0.126. The monoisotopic (exact) mass is 314 g/mol. The molecule has 1 amide bonds. The predicted molar refractivity (Wildman–Crippen MR) is 87.7 cm³/mol. The lowest BCUT2D eigenvalue weighted by Crippen LogP contribution is -2.49. The molecule has 20 heavy (non-hydrogen) atoms. The number of benzene rings is 1. The number of carbonyl (C=O) groups is 1. The van der Waals surface area contributed by atoms with Crippen molar-refractivity contribution in [2.24, 2.45) is 11.8 Å². The normalized spacial score (nSPS) is 15.9. The van der Waals surface area contributed by atoms with Gasteiger partial charge in [-0.05, 0) is 38.1 Å². The summed E-state index contributed by atoms with van der Waals surface area (Å²) in [6.45, 7) is 6.81. The average molecular weight is 315 g/mol. The Morgan fingerprint density at radius 3 is 2.60 bits per heavy atom. The van der Waals surface area contributed by atoms with Gasteiger partial charge >= 0.3 is 0 Å². The quantitative estimate of drug-likeness (QED) is 0.626. The van der Waals surface area contributed by atoms with Crippen molar-refractivity contribution in [3.8, 4) is 0 Å². The third-order valence-corrected chi connectivity index (χ3v) is 4.64. The van der Waals surface area contributed by atoms with Crippen LogP contribution in [0.1, 0.15) is 12.5 Å². The van der Waals surface area contributed by atoms with Crippen LogP contribution in [0.5, 0.6) is 0 Å². The third kappa shape index (κ3) is 5.00. The van der Waals surface area contributed by atoms with E-state index in [0.29, 0.717) is 5.92 Å². The summed E-state index contributed by atoms with van der Waals surface area (Å²) in [5, 5.41) is 6.23. The van der Waals surface area contributed by atoms with E-state index in [0.717, 1.165) is 25.4 Å². The fourth-order valence-electron chi connectivity index (χ4n) is 2.02. The third-order valence-electron chi connectivity index (χ3n) is 3.62. The van der Waals surface area contributed by atoms with Crippen LogP contribution in [-0.4, -0.2) is 31.3 Å². The van der Waals surface area contributed by atoms with Crippen LogP contribution in [0.25, 0.3) is 0 Å². The molecule has 1 aliphatic rings. The van der Waals surface area contributed by atoms with E-state index in [1.54, 1.807) is 11.8 Å². The minimum absolute atomic E-state index is 0. The van der Waals surface area contributed by atoms with Crippen molar-refractivity contribution < 1.29 is 4.79 Å². The highest BCUT2D eigenvalue weighted by atomic mass is 35.5. The van der Waals surface area contributed by atoms with E-state index in [-0.39, 0.29) is 24.2 Å². The van der Waals surface area contributed by atoms with Gasteiger partial charge in [0.15, 0.2) is 0 Å². The van der Waals surface area contributed by atoms with E-state index in [1.807, 2.05) is 6.92 Å². The average Bonchev–Trinajstić information content (AvgIpc) is 2.34. The molecule has 1 fully saturated rings. The molecule has 1 aromatic rings. The minimum Gasteiger partial charge on any atom is -0.355 e. The topological polar surface area (TPSA) is 41.1 Å². The van der Waals surface area contributed by atoms with Gasteiger partial charge in [-0.2, -0.15) is 0 Å². The summed E-state index contributed by atoms with van der Waals surface area (Å²) in [6.07, 6.45) is 0. The van der Waals surface area contributed by atoms with Gasteiger partial charge in [-0.3, -0.25) is 4.79 Å². The minimum atomic E-state index is 0. The molecule has 0 aromatic heterocycles. The van der Waals surface area contributed by atoms with Gasteiger partial charge < -0.3 is 10.6 Å². The van der Waals surface area contributed by atoms with Crippen LogP contribution in [0.3, 0.4) is 0 Å². The van der Waals surface area contributed by atoms with E-state index in [9.17, 15) is 4.79 Å². The molecule has 2 N–H and O–H groups in total. The van der Waals surface area contributed by atoms with E-state index in [2.05, 4.69) is 41.8 Å². The second-order valence-corrected chi connectivity index (χ2v) is 6.33. The van der Waals surface area contributed by atoms with Crippen molar-refractivity contribution in [3.05, 3.63) is 29.8 Å². The first-order valence-electron chi connectivity index (χ1n) is 6.84. The highest BCUT2D eigenvalue weighted by Gasteiger charge is 2.28. The van der Waals surface area contributed by atoms with E-state index in [1.165, 1.54) is 10.5 Å². The summed E-state index contributed by atoms with van der Waals surface area (Å²) in [5.41, 5.74) is 1.28. The second kappa shape index (κ2) is 8.55. The van der Waals surface area contributed by atoms with Gasteiger partial charge in [-0.25, -0.2) is 0 Å². The molecule has 1 aliphatic heterocycles. The smallest absolute Gasteiger partial charge is 0.223 e. The highest BCUT2D eigenvalue weighted by molar-refractivity contribution is 7.99. The Morgan fingerprint density at radius 1 is 1.40 bits per heavy atom. The van der Waals surface area contributed by atoms with E-state index < -0.39 is 0 Å². The van der Waals surface area contributed by atoms with Crippen LogP contribution >= 0.6 is 24.2 Å². The molecule has 112 valence electrons. The van der Waals surface area contributed by atoms with Crippen molar-refractivity contribution >= 4 is 30.1 Å². The largest absolute Gasteiger partial charge is 0.355 e. The van der Waals surface area contributed by atoms with Crippen molar-refractivity contribution in [1.82, 2.24) is 10.6 Å². The number of hydrogen-bond acceptors (Lipinski definition) is 3. The molecule has 5 heteroatoms. The number of carbonyl (C=O) groups excluding carboxylic acids is 1. The Balaban J connectivity index is 0.00000200. The summed E-state index contributed by atoms with van der Waals surface area (Å²) in [6, 6.07) is 8.49. The van der Waals surface area contributed by atoms with Gasteiger partial charge in [0.25, 0.3) is 0 Å². The van der Waals surface area contributed by atoms with Gasteiger partial charge in [0.1, 0.15) is 0 Å². The van der Waals surface area contributed by atoms with Gasteiger partial charge in [0, 0.05) is 23.1 Å². The molecule has 1 unspecified atom stereocenters. The van der Waals surface area contributed by atoms with Crippen LogP contribution in [0.2, 0.25) is 0 Å². The summed E-state index contributed by atoms with van der Waals surface area (Å²) in [5.74, 6) is 1.76. The SMILES string of the molecule is Cc1ccc(SCCNC(=O)C(C)C2CNC2)cc1.Cl. The van der Waals surface area contributed by atoms with Crippen molar-refractivity contribution in [2.45, 2.75) is 18.7 Å². The lowest BCUT2D eigenvalue weighted by Gasteiger charge is -2.31. The summed E-state index contributed by atoms with van der Waals surface area (Å²) >= 11 is 1.78. The molecule has 0 bridgehead atoms. The predicted octanol–water partition coefficient (Wildman–Crippen LogP) is 2.48. The van der Waals surface area contributed by atoms with Gasteiger partial charge in [0.2, 0.25) is 5.91 Å². The molecule has 2 rings (SSSR count). The fourth-order valence-corrected chi connectivity index (χ4v) is 2.79. The standard InChI is InChI=1S/C15H22N2OS.ClH/c1-11-3-5-14(6-4-11)19-8-7-17-15(18)12(2)13-9-16-10-13;/h3-6,12-13,16H,7-10H2,1-2H3,(H,17,18);1H. The maximum atomic E-state index is 11.9. The molecule has 1 atom stereocenters. The van der Waals surface area contributed by atoms with Crippen LogP contribution in [-0.2, 0) is 4.79 Å². The first-order chi connectivity index (χ1) is 9.16. The Bertz CT molecular complexity index is 420. The van der Waals surface area contributed by atoms with Crippen molar-refractivity contribution in [1.29, 1.82) is 0 Å². The van der Waals surface area contributed by atoms with Crippen LogP contribution in [0.4, 0.5) is 0 Å². The Hall–Kier alpha value is -0.710. The maximum absolute atomic E-state index is 11.9. The zero-order chi connectivity index (χ0) is 13.7. The molecule has 0 saturated carbocycles. The van der Waals surface area contributed by atoms with E-state index in [4.69, 9.17) is 0 Å². The number of hydrogen-bond donors (Lipinski definition) is 2. The highest BCUT2D eigenvalue weighted by Crippen LogP contribution is 2.18. The molecular weight excluding hydrogens is 292 g/mol. The first-order valence-corrected chi connectivity index (χ1v) is 7.83.